The number of benzene rings is 1. The minimum atomic E-state index is -0.991. The third-order valence-electron chi connectivity index (χ3n) is 3.04. The van der Waals surface area contributed by atoms with Crippen molar-refractivity contribution in [1.82, 2.24) is 5.32 Å². The maximum absolute atomic E-state index is 13.9. The Labute approximate surface area is 112 Å². The van der Waals surface area contributed by atoms with Crippen LogP contribution in [0.15, 0.2) is 18.2 Å². The third-order valence-corrected chi connectivity index (χ3v) is 3.04. The van der Waals surface area contributed by atoms with Crippen molar-refractivity contribution in [3.63, 3.8) is 0 Å². The number of hydrogen-bond acceptors (Lipinski definition) is 3. The lowest BCUT2D eigenvalue weighted by molar-refractivity contribution is -0.142. The molecule has 0 fully saturated rings. The summed E-state index contributed by atoms with van der Waals surface area (Å²) in [5.41, 5.74) is -0.860. The molecule has 106 valence electrons. The van der Waals surface area contributed by atoms with E-state index in [-0.39, 0.29) is 12.0 Å². The maximum atomic E-state index is 13.9. The number of hydrogen-bond donors (Lipinski definition) is 1. The molecule has 0 heterocycles. The predicted octanol–water partition coefficient (Wildman–Crippen LogP) is 2.74. The van der Waals surface area contributed by atoms with Crippen molar-refractivity contribution in [1.29, 1.82) is 0 Å². The summed E-state index contributed by atoms with van der Waals surface area (Å²) in [5.74, 6) is -2.33. The van der Waals surface area contributed by atoms with Crippen LogP contribution in [0.3, 0.4) is 0 Å². The van der Waals surface area contributed by atoms with Gasteiger partial charge in [-0.25, -0.2) is 8.78 Å². The number of halogens is 2. The summed E-state index contributed by atoms with van der Waals surface area (Å²) >= 11 is 0. The third kappa shape index (κ3) is 3.73. The monoisotopic (exact) mass is 271 g/mol. The zero-order chi connectivity index (χ0) is 14.5. The molecule has 0 aliphatic carbocycles. The first-order chi connectivity index (χ1) is 8.94. The van der Waals surface area contributed by atoms with Gasteiger partial charge in [-0.15, -0.1) is 0 Å². The number of rotatable bonds is 6. The first kappa shape index (κ1) is 15.6. The lowest BCUT2D eigenvalue weighted by Crippen LogP contribution is -2.43. The molecule has 1 N–H and O–H groups in total. The highest BCUT2D eigenvalue weighted by molar-refractivity contribution is 5.71. The van der Waals surface area contributed by atoms with Crippen LogP contribution in [0.5, 0.6) is 0 Å². The normalized spacial score (nSPS) is 13.9. The van der Waals surface area contributed by atoms with Crippen LogP contribution in [0.25, 0.3) is 0 Å². The van der Waals surface area contributed by atoms with Crippen molar-refractivity contribution in [2.75, 3.05) is 13.7 Å². The molecular weight excluding hydrogens is 252 g/mol. The van der Waals surface area contributed by atoms with E-state index in [0.29, 0.717) is 6.54 Å². The quantitative estimate of drug-likeness (QED) is 0.808. The van der Waals surface area contributed by atoms with Gasteiger partial charge in [0.05, 0.1) is 19.1 Å². The summed E-state index contributed by atoms with van der Waals surface area (Å²) in [6, 6.07) is 3.96. The maximum Gasteiger partial charge on any atom is 0.307 e. The molecule has 0 amide bonds. The summed E-state index contributed by atoms with van der Waals surface area (Å²) in [7, 11) is 1.27. The van der Waals surface area contributed by atoms with Crippen molar-refractivity contribution in [3.8, 4) is 0 Å². The number of nitrogens with one attached hydrogen (secondary N) is 1. The molecular formula is C14H19F2NO2. The second-order valence-electron chi connectivity index (χ2n) is 4.61. The van der Waals surface area contributed by atoms with Crippen LogP contribution < -0.4 is 5.32 Å². The molecule has 19 heavy (non-hydrogen) atoms. The molecule has 0 saturated heterocycles. The number of carbonyl (C=O) groups is 1. The van der Waals surface area contributed by atoms with Crippen LogP contribution in [-0.2, 0) is 15.1 Å². The summed E-state index contributed by atoms with van der Waals surface area (Å²) in [5, 5.41) is 3.09. The molecule has 0 saturated carbocycles. The molecule has 5 heteroatoms. The molecule has 0 aliphatic heterocycles. The van der Waals surface area contributed by atoms with E-state index in [0.717, 1.165) is 12.5 Å². The van der Waals surface area contributed by atoms with Gasteiger partial charge < -0.3 is 10.1 Å². The molecule has 1 aromatic carbocycles. The molecule has 0 aliphatic rings. The smallest absolute Gasteiger partial charge is 0.307 e. The molecule has 0 aromatic heterocycles. The van der Waals surface area contributed by atoms with Gasteiger partial charge in [-0.2, -0.15) is 0 Å². The Morgan fingerprint density at radius 2 is 2.11 bits per heavy atom. The van der Waals surface area contributed by atoms with E-state index in [1.54, 1.807) is 6.92 Å². The van der Waals surface area contributed by atoms with Gasteiger partial charge in [0.2, 0.25) is 0 Å². The van der Waals surface area contributed by atoms with Gasteiger partial charge in [0.15, 0.2) is 11.6 Å². The molecule has 1 unspecified atom stereocenters. The van der Waals surface area contributed by atoms with E-state index >= 15 is 0 Å². The average Bonchev–Trinajstić information content (AvgIpc) is 2.39. The van der Waals surface area contributed by atoms with Gasteiger partial charge >= 0.3 is 5.97 Å². The van der Waals surface area contributed by atoms with E-state index in [4.69, 9.17) is 0 Å². The highest BCUT2D eigenvalue weighted by atomic mass is 19.2. The fourth-order valence-electron chi connectivity index (χ4n) is 1.94. The summed E-state index contributed by atoms with van der Waals surface area (Å²) in [4.78, 5) is 11.5. The van der Waals surface area contributed by atoms with E-state index in [9.17, 15) is 13.6 Å². The van der Waals surface area contributed by atoms with E-state index in [2.05, 4.69) is 10.1 Å². The second kappa shape index (κ2) is 6.61. The standard InChI is InChI=1S/C14H19F2NO2/c1-4-8-17-14(2,9-12(18)19-3)10-6-5-7-11(15)13(10)16/h5-7,17H,4,8-9H2,1-3H3. The van der Waals surface area contributed by atoms with Crippen LogP contribution in [0.2, 0.25) is 0 Å². The Morgan fingerprint density at radius 3 is 2.68 bits per heavy atom. The van der Waals surface area contributed by atoms with Crippen LogP contribution in [0.1, 0.15) is 32.3 Å². The summed E-state index contributed by atoms with van der Waals surface area (Å²) in [6.07, 6.45) is 0.748. The molecule has 1 atom stereocenters. The van der Waals surface area contributed by atoms with Crippen LogP contribution in [0.4, 0.5) is 8.78 Å². The van der Waals surface area contributed by atoms with E-state index in [1.807, 2.05) is 6.92 Å². The number of methoxy groups -OCH3 is 1. The number of ether oxygens (including phenoxy) is 1. The molecule has 1 aromatic rings. The van der Waals surface area contributed by atoms with Crippen molar-refractivity contribution in [2.45, 2.75) is 32.2 Å². The van der Waals surface area contributed by atoms with Crippen LogP contribution in [0, 0.1) is 11.6 Å². The molecule has 1 rings (SSSR count). The minimum Gasteiger partial charge on any atom is -0.469 e. The molecule has 0 radical (unpaired) electrons. The minimum absolute atomic E-state index is 0.0656. The van der Waals surface area contributed by atoms with Gasteiger partial charge in [-0.3, -0.25) is 4.79 Å². The largest absolute Gasteiger partial charge is 0.469 e. The molecule has 0 spiro atoms. The second-order valence-corrected chi connectivity index (χ2v) is 4.61. The summed E-state index contributed by atoms with van der Waals surface area (Å²) in [6.45, 7) is 4.20. The first-order valence-corrected chi connectivity index (χ1v) is 6.21. The topological polar surface area (TPSA) is 38.3 Å². The lowest BCUT2D eigenvalue weighted by Gasteiger charge is -2.31. The molecule has 0 bridgehead atoms. The Morgan fingerprint density at radius 1 is 1.42 bits per heavy atom. The van der Waals surface area contributed by atoms with Crippen molar-refractivity contribution in [3.05, 3.63) is 35.4 Å². The van der Waals surface area contributed by atoms with Gasteiger partial charge in [0.1, 0.15) is 0 Å². The van der Waals surface area contributed by atoms with Crippen LogP contribution >= 0.6 is 0 Å². The Hall–Kier alpha value is -1.49. The highest BCUT2D eigenvalue weighted by Crippen LogP contribution is 2.28. The van der Waals surface area contributed by atoms with Gasteiger partial charge in [-0.1, -0.05) is 19.1 Å². The number of esters is 1. The number of carbonyl (C=O) groups excluding carboxylic acids is 1. The lowest BCUT2D eigenvalue weighted by atomic mass is 9.87. The van der Waals surface area contributed by atoms with Crippen molar-refractivity contribution >= 4 is 5.97 Å². The Balaban J connectivity index is 3.14. The fraction of sp³-hybridized carbons (Fsp3) is 0.500. The van der Waals surface area contributed by atoms with Crippen molar-refractivity contribution < 1.29 is 18.3 Å². The first-order valence-electron chi connectivity index (χ1n) is 6.21. The van der Waals surface area contributed by atoms with E-state index in [1.165, 1.54) is 19.2 Å². The zero-order valence-electron chi connectivity index (χ0n) is 11.4. The Kier molecular flexibility index (Phi) is 5.42. The SMILES string of the molecule is CCCNC(C)(CC(=O)OC)c1cccc(F)c1F. The van der Waals surface area contributed by atoms with Gasteiger partial charge in [0, 0.05) is 5.56 Å². The van der Waals surface area contributed by atoms with Gasteiger partial charge in [0.25, 0.3) is 0 Å². The van der Waals surface area contributed by atoms with Crippen molar-refractivity contribution in [2.24, 2.45) is 0 Å². The predicted molar refractivity (Wildman–Crippen MR) is 68.6 cm³/mol. The molecule has 3 nitrogen and oxygen atoms in total. The van der Waals surface area contributed by atoms with Crippen LogP contribution in [-0.4, -0.2) is 19.6 Å². The Bertz CT molecular complexity index is 451. The van der Waals surface area contributed by atoms with Gasteiger partial charge in [-0.05, 0) is 26.0 Å². The zero-order valence-corrected chi connectivity index (χ0v) is 11.4. The summed E-state index contributed by atoms with van der Waals surface area (Å²) < 4.78 is 31.9. The average molecular weight is 271 g/mol. The highest BCUT2D eigenvalue weighted by Gasteiger charge is 2.33. The van der Waals surface area contributed by atoms with E-state index < -0.39 is 23.1 Å². The fourth-order valence-corrected chi connectivity index (χ4v) is 1.94.